The highest BCUT2D eigenvalue weighted by molar-refractivity contribution is 5.49. The molecule has 4 bridgehead atoms. The highest BCUT2D eigenvalue weighted by Gasteiger charge is 2.54. The maximum Gasteiger partial charge on any atom is 0.160 e. The highest BCUT2D eigenvalue weighted by Crippen LogP contribution is 2.53. The van der Waals surface area contributed by atoms with E-state index in [1.807, 2.05) is 0 Å². The molecule has 4 aliphatic rings. The molecule has 0 aromatic heterocycles. The topological polar surface area (TPSA) is 14.0 Å². The predicted octanol–water partition coefficient (Wildman–Crippen LogP) is 1.52. The molecule has 4 saturated carbocycles. The summed E-state index contributed by atoms with van der Waals surface area (Å²) in [6.45, 7) is 2.23. The standard InChI is InChI=1S/C13H21N/c1-2-3-14-13-7-10-4-11(8-13)6-12(5-10)9-13/h3,10-12H,2,4-9H2,1H3/p+1. The second-order valence-corrected chi connectivity index (χ2v) is 5.95. The molecule has 0 radical (unpaired) electrons. The molecular formula is C13H22N+. The molecule has 4 fully saturated rings. The van der Waals surface area contributed by atoms with Gasteiger partial charge in [0.15, 0.2) is 5.54 Å². The Balaban J connectivity index is 1.84. The summed E-state index contributed by atoms with van der Waals surface area (Å²) < 4.78 is 0. The Bertz CT molecular complexity index is 219. The van der Waals surface area contributed by atoms with Crippen molar-refractivity contribution in [3.8, 4) is 0 Å². The van der Waals surface area contributed by atoms with Crippen LogP contribution in [-0.4, -0.2) is 11.8 Å². The van der Waals surface area contributed by atoms with Gasteiger partial charge in [0.2, 0.25) is 0 Å². The molecule has 0 aliphatic heterocycles. The third kappa shape index (κ3) is 1.32. The fraction of sp³-hybridized carbons (Fsp3) is 0.923. The van der Waals surface area contributed by atoms with E-state index >= 15 is 0 Å². The van der Waals surface area contributed by atoms with Gasteiger partial charge in [0, 0.05) is 25.7 Å². The molecule has 4 aliphatic carbocycles. The molecular weight excluding hydrogens is 170 g/mol. The molecule has 0 heterocycles. The molecule has 1 nitrogen and oxygen atoms in total. The zero-order valence-corrected chi connectivity index (χ0v) is 9.26. The van der Waals surface area contributed by atoms with E-state index < -0.39 is 0 Å². The summed E-state index contributed by atoms with van der Waals surface area (Å²) in [5, 5.41) is 0. The molecule has 4 rings (SSSR count). The summed E-state index contributed by atoms with van der Waals surface area (Å²) in [6.07, 6.45) is 12.5. The molecule has 0 atom stereocenters. The molecule has 0 amide bonds. The second-order valence-electron chi connectivity index (χ2n) is 5.95. The fourth-order valence-electron chi connectivity index (χ4n) is 4.61. The average Bonchev–Trinajstić information content (AvgIpc) is 2.12. The molecule has 1 N–H and O–H groups in total. The molecule has 78 valence electrons. The van der Waals surface area contributed by atoms with E-state index in [9.17, 15) is 0 Å². The van der Waals surface area contributed by atoms with Crippen LogP contribution in [0.5, 0.6) is 0 Å². The lowest BCUT2D eigenvalue weighted by Crippen LogP contribution is -2.88. The van der Waals surface area contributed by atoms with E-state index in [-0.39, 0.29) is 0 Å². The summed E-state index contributed by atoms with van der Waals surface area (Å²) in [7, 11) is 0. The van der Waals surface area contributed by atoms with Gasteiger partial charge in [0.1, 0.15) is 6.21 Å². The smallest absolute Gasteiger partial charge is 0.160 e. The van der Waals surface area contributed by atoms with Gasteiger partial charge in [-0.25, -0.2) is 4.99 Å². The quantitative estimate of drug-likeness (QED) is 0.638. The van der Waals surface area contributed by atoms with Crippen LogP contribution in [0.1, 0.15) is 51.9 Å². The predicted molar refractivity (Wildman–Crippen MR) is 58.2 cm³/mol. The van der Waals surface area contributed by atoms with Gasteiger partial charge in [-0.15, -0.1) is 0 Å². The average molecular weight is 192 g/mol. The van der Waals surface area contributed by atoms with Gasteiger partial charge in [-0.1, -0.05) is 6.92 Å². The summed E-state index contributed by atoms with van der Waals surface area (Å²) in [6, 6.07) is 0. The van der Waals surface area contributed by atoms with Gasteiger partial charge >= 0.3 is 0 Å². The first-order valence-corrected chi connectivity index (χ1v) is 6.39. The third-order valence-electron chi connectivity index (χ3n) is 4.65. The number of rotatable bonds is 2. The van der Waals surface area contributed by atoms with E-state index in [0.29, 0.717) is 5.54 Å². The van der Waals surface area contributed by atoms with Crippen LogP contribution in [0.3, 0.4) is 0 Å². The minimum absolute atomic E-state index is 0.546. The summed E-state index contributed by atoms with van der Waals surface area (Å²) in [4.78, 5) is 3.75. The highest BCUT2D eigenvalue weighted by atomic mass is 14.9. The zero-order valence-electron chi connectivity index (χ0n) is 9.26. The van der Waals surface area contributed by atoms with Gasteiger partial charge in [0.25, 0.3) is 0 Å². The Morgan fingerprint density at radius 1 is 1.07 bits per heavy atom. The lowest BCUT2D eigenvalue weighted by atomic mass is 9.53. The van der Waals surface area contributed by atoms with Gasteiger partial charge in [-0.3, -0.25) is 0 Å². The fourth-order valence-corrected chi connectivity index (χ4v) is 4.61. The van der Waals surface area contributed by atoms with Gasteiger partial charge in [-0.05, 0) is 37.0 Å². The van der Waals surface area contributed by atoms with Crippen molar-refractivity contribution in [2.45, 2.75) is 57.4 Å². The minimum atomic E-state index is 0.546. The van der Waals surface area contributed by atoms with Crippen molar-refractivity contribution in [1.82, 2.24) is 0 Å². The largest absolute Gasteiger partial charge is 0.246 e. The van der Waals surface area contributed by atoms with Crippen LogP contribution in [0.2, 0.25) is 0 Å². The van der Waals surface area contributed by atoms with Crippen LogP contribution in [-0.2, 0) is 0 Å². The Hall–Kier alpha value is -0.330. The maximum absolute atomic E-state index is 3.75. The van der Waals surface area contributed by atoms with E-state index in [2.05, 4.69) is 18.1 Å². The number of hydrogen-bond donors (Lipinski definition) is 1. The number of nitrogens with one attached hydrogen (secondary N) is 1. The molecule has 0 aromatic rings. The van der Waals surface area contributed by atoms with Crippen molar-refractivity contribution >= 4 is 6.21 Å². The van der Waals surface area contributed by atoms with Crippen molar-refractivity contribution in [1.29, 1.82) is 0 Å². The molecule has 0 unspecified atom stereocenters. The van der Waals surface area contributed by atoms with Crippen LogP contribution in [0.4, 0.5) is 0 Å². The van der Waals surface area contributed by atoms with Gasteiger partial charge < -0.3 is 0 Å². The van der Waals surface area contributed by atoms with Gasteiger partial charge in [0.05, 0.1) is 0 Å². The lowest BCUT2D eigenvalue weighted by Gasteiger charge is -2.51. The van der Waals surface area contributed by atoms with Crippen LogP contribution < -0.4 is 4.99 Å². The normalized spacial score (nSPS) is 50.5. The minimum Gasteiger partial charge on any atom is -0.246 e. The van der Waals surface area contributed by atoms with Crippen LogP contribution in [0.15, 0.2) is 0 Å². The van der Waals surface area contributed by atoms with E-state index in [4.69, 9.17) is 0 Å². The third-order valence-corrected chi connectivity index (χ3v) is 4.65. The first-order valence-electron chi connectivity index (χ1n) is 6.39. The van der Waals surface area contributed by atoms with Crippen molar-refractivity contribution in [3.63, 3.8) is 0 Å². The maximum atomic E-state index is 3.75. The van der Waals surface area contributed by atoms with Crippen molar-refractivity contribution in [3.05, 3.63) is 0 Å². The van der Waals surface area contributed by atoms with Crippen molar-refractivity contribution in [2.75, 3.05) is 0 Å². The molecule has 14 heavy (non-hydrogen) atoms. The first-order chi connectivity index (χ1) is 6.80. The molecule has 1 heteroatoms. The number of hydrogen-bond acceptors (Lipinski definition) is 0. The Labute approximate surface area is 87.0 Å². The van der Waals surface area contributed by atoms with E-state index in [0.717, 1.165) is 17.8 Å². The van der Waals surface area contributed by atoms with E-state index in [1.54, 1.807) is 19.3 Å². The zero-order chi connectivity index (χ0) is 9.60. The molecule has 0 spiro atoms. The second kappa shape index (κ2) is 3.08. The van der Waals surface area contributed by atoms with Crippen LogP contribution in [0.25, 0.3) is 0 Å². The van der Waals surface area contributed by atoms with Crippen molar-refractivity contribution in [2.24, 2.45) is 17.8 Å². The Kier molecular flexibility index (Phi) is 1.97. The Morgan fingerprint density at radius 3 is 2.00 bits per heavy atom. The lowest BCUT2D eigenvalue weighted by molar-refractivity contribution is -0.572. The monoisotopic (exact) mass is 192 g/mol. The van der Waals surface area contributed by atoms with E-state index in [1.165, 1.54) is 25.7 Å². The first kappa shape index (κ1) is 8.94. The van der Waals surface area contributed by atoms with Crippen LogP contribution >= 0.6 is 0 Å². The van der Waals surface area contributed by atoms with Crippen LogP contribution in [0, 0.1) is 17.8 Å². The van der Waals surface area contributed by atoms with Crippen molar-refractivity contribution < 1.29 is 4.99 Å². The SMILES string of the molecule is CCC=[NH+]C12CC3CC(CC(C3)C1)C2. The van der Waals surface area contributed by atoms with Gasteiger partial charge in [-0.2, -0.15) is 0 Å². The Morgan fingerprint density at radius 2 is 1.57 bits per heavy atom. The summed E-state index contributed by atoms with van der Waals surface area (Å²) in [5.41, 5.74) is 0.546. The molecule has 0 saturated heterocycles. The molecule has 0 aromatic carbocycles. The summed E-state index contributed by atoms with van der Waals surface area (Å²) in [5.74, 6) is 3.21. The summed E-state index contributed by atoms with van der Waals surface area (Å²) >= 11 is 0.